The number of imidazole rings is 1. The highest BCUT2D eigenvalue weighted by Crippen LogP contribution is 2.27. The van der Waals surface area contributed by atoms with E-state index in [4.69, 9.17) is 9.47 Å². The van der Waals surface area contributed by atoms with Crippen LogP contribution in [0.1, 0.15) is 11.4 Å². The van der Waals surface area contributed by atoms with Gasteiger partial charge in [0, 0.05) is 13.0 Å². The van der Waals surface area contributed by atoms with Crippen LogP contribution in [0.25, 0.3) is 11.0 Å². The van der Waals surface area contributed by atoms with E-state index in [1.165, 1.54) is 0 Å². The van der Waals surface area contributed by atoms with Gasteiger partial charge in [0.15, 0.2) is 11.5 Å². The maximum absolute atomic E-state index is 12.1. The number of amides is 1. The Morgan fingerprint density at radius 3 is 2.68 bits per heavy atom. The third kappa shape index (κ3) is 4.09. The monoisotopic (exact) mass is 339 g/mol. The fourth-order valence-electron chi connectivity index (χ4n) is 2.68. The van der Waals surface area contributed by atoms with Crippen LogP contribution in [-0.2, 0) is 17.6 Å². The molecule has 0 radical (unpaired) electrons. The number of carbonyl (C=O) groups excluding carboxylic acids is 1. The first-order chi connectivity index (χ1) is 12.2. The first-order valence-electron chi connectivity index (χ1n) is 8.11. The Morgan fingerprint density at radius 1 is 1.12 bits per heavy atom. The summed E-state index contributed by atoms with van der Waals surface area (Å²) in [6, 6.07) is 13.4. The van der Waals surface area contributed by atoms with Crippen LogP contribution in [-0.4, -0.2) is 36.6 Å². The third-order valence-electron chi connectivity index (χ3n) is 3.94. The van der Waals surface area contributed by atoms with Crippen molar-refractivity contribution in [2.24, 2.45) is 0 Å². The lowest BCUT2D eigenvalue weighted by Crippen LogP contribution is -2.27. The maximum atomic E-state index is 12.1. The standard InChI is InChI=1S/C19H21N3O3/c1-24-16-8-7-13(11-17(16)25-2)12-19(23)20-10-9-18-21-14-5-3-4-6-15(14)22-18/h3-8,11H,9-10,12H2,1-2H3,(H,20,23)(H,21,22). The van der Waals surface area contributed by atoms with Crippen molar-refractivity contribution in [2.45, 2.75) is 12.8 Å². The molecule has 3 aromatic rings. The predicted octanol–water partition coefficient (Wildman–Crippen LogP) is 2.48. The van der Waals surface area contributed by atoms with Gasteiger partial charge in [-0.15, -0.1) is 0 Å². The van der Waals surface area contributed by atoms with Crippen LogP contribution < -0.4 is 14.8 Å². The van der Waals surface area contributed by atoms with Gasteiger partial charge in [0.05, 0.1) is 31.7 Å². The lowest BCUT2D eigenvalue weighted by molar-refractivity contribution is -0.120. The molecular weight excluding hydrogens is 318 g/mol. The molecule has 0 fully saturated rings. The van der Waals surface area contributed by atoms with Crippen molar-refractivity contribution in [3.8, 4) is 11.5 Å². The van der Waals surface area contributed by atoms with Gasteiger partial charge in [0.25, 0.3) is 0 Å². The molecule has 25 heavy (non-hydrogen) atoms. The van der Waals surface area contributed by atoms with Crippen molar-refractivity contribution >= 4 is 16.9 Å². The second-order valence-corrected chi connectivity index (χ2v) is 5.67. The summed E-state index contributed by atoms with van der Waals surface area (Å²) >= 11 is 0. The molecule has 2 N–H and O–H groups in total. The Morgan fingerprint density at radius 2 is 1.92 bits per heavy atom. The molecule has 130 valence electrons. The number of hydrogen-bond donors (Lipinski definition) is 2. The van der Waals surface area contributed by atoms with E-state index in [9.17, 15) is 4.79 Å². The predicted molar refractivity (Wildman–Crippen MR) is 96.1 cm³/mol. The second-order valence-electron chi connectivity index (χ2n) is 5.67. The fourth-order valence-corrected chi connectivity index (χ4v) is 2.68. The second kappa shape index (κ2) is 7.70. The molecule has 0 aliphatic heterocycles. The zero-order valence-corrected chi connectivity index (χ0v) is 14.3. The number of rotatable bonds is 7. The number of hydrogen-bond acceptors (Lipinski definition) is 4. The molecule has 0 atom stereocenters. The normalized spacial score (nSPS) is 10.6. The molecule has 0 spiro atoms. The average Bonchev–Trinajstić information content (AvgIpc) is 3.04. The number of nitrogens with one attached hydrogen (secondary N) is 2. The van der Waals surface area contributed by atoms with E-state index in [2.05, 4.69) is 15.3 Å². The highest BCUT2D eigenvalue weighted by Gasteiger charge is 2.09. The van der Waals surface area contributed by atoms with E-state index in [-0.39, 0.29) is 5.91 Å². The SMILES string of the molecule is COc1ccc(CC(=O)NCCc2nc3ccccc3[nH]2)cc1OC. The fraction of sp³-hybridized carbons (Fsp3) is 0.263. The summed E-state index contributed by atoms with van der Waals surface area (Å²) in [4.78, 5) is 19.9. The molecule has 1 aromatic heterocycles. The molecule has 0 aliphatic carbocycles. The lowest BCUT2D eigenvalue weighted by Gasteiger charge is -2.09. The van der Waals surface area contributed by atoms with Crippen molar-refractivity contribution in [1.82, 2.24) is 15.3 Å². The number of methoxy groups -OCH3 is 2. The summed E-state index contributed by atoms with van der Waals surface area (Å²) in [6.45, 7) is 0.534. The number of benzene rings is 2. The van der Waals surface area contributed by atoms with Crippen LogP contribution >= 0.6 is 0 Å². The van der Waals surface area contributed by atoms with Gasteiger partial charge in [-0.2, -0.15) is 0 Å². The van der Waals surface area contributed by atoms with Gasteiger partial charge >= 0.3 is 0 Å². The summed E-state index contributed by atoms with van der Waals surface area (Å²) in [5.41, 5.74) is 2.82. The zero-order chi connectivity index (χ0) is 17.6. The van der Waals surface area contributed by atoms with Gasteiger partial charge < -0.3 is 19.8 Å². The molecule has 3 rings (SSSR count). The first-order valence-corrected chi connectivity index (χ1v) is 8.11. The molecule has 6 nitrogen and oxygen atoms in total. The smallest absolute Gasteiger partial charge is 0.224 e. The summed E-state index contributed by atoms with van der Waals surface area (Å²) in [5, 5.41) is 2.92. The highest BCUT2D eigenvalue weighted by molar-refractivity contribution is 5.79. The van der Waals surface area contributed by atoms with Crippen LogP contribution in [0.4, 0.5) is 0 Å². The Bertz CT molecular complexity index is 840. The Balaban J connectivity index is 1.52. The zero-order valence-electron chi connectivity index (χ0n) is 14.3. The van der Waals surface area contributed by atoms with Crippen molar-refractivity contribution in [2.75, 3.05) is 20.8 Å². The topological polar surface area (TPSA) is 76.2 Å². The van der Waals surface area contributed by atoms with E-state index in [1.807, 2.05) is 36.4 Å². The number of para-hydroxylation sites is 2. The van der Waals surface area contributed by atoms with Crippen LogP contribution in [0.3, 0.4) is 0 Å². The maximum Gasteiger partial charge on any atom is 0.224 e. The minimum Gasteiger partial charge on any atom is -0.493 e. The van der Waals surface area contributed by atoms with Gasteiger partial charge in [-0.1, -0.05) is 18.2 Å². The Hall–Kier alpha value is -3.02. The molecule has 0 bridgehead atoms. The van der Waals surface area contributed by atoms with Gasteiger partial charge in [-0.3, -0.25) is 4.79 Å². The van der Waals surface area contributed by atoms with E-state index in [0.717, 1.165) is 22.4 Å². The number of fused-ring (bicyclic) bond motifs is 1. The molecule has 1 amide bonds. The van der Waals surface area contributed by atoms with E-state index in [0.29, 0.717) is 30.9 Å². The molecule has 0 saturated carbocycles. The number of ether oxygens (including phenoxy) is 2. The van der Waals surface area contributed by atoms with Crippen molar-refractivity contribution in [3.63, 3.8) is 0 Å². The highest BCUT2D eigenvalue weighted by atomic mass is 16.5. The van der Waals surface area contributed by atoms with Crippen molar-refractivity contribution in [3.05, 3.63) is 53.9 Å². The molecule has 0 unspecified atom stereocenters. The summed E-state index contributed by atoms with van der Waals surface area (Å²) in [7, 11) is 3.16. The number of aromatic nitrogens is 2. The van der Waals surface area contributed by atoms with Crippen molar-refractivity contribution in [1.29, 1.82) is 0 Å². The van der Waals surface area contributed by atoms with E-state index in [1.54, 1.807) is 20.3 Å². The number of aromatic amines is 1. The summed E-state index contributed by atoms with van der Waals surface area (Å²) in [6.07, 6.45) is 0.951. The van der Waals surface area contributed by atoms with Crippen LogP contribution in [0.15, 0.2) is 42.5 Å². The van der Waals surface area contributed by atoms with E-state index < -0.39 is 0 Å². The van der Waals surface area contributed by atoms with Gasteiger partial charge in [-0.05, 0) is 29.8 Å². The van der Waals surface area contributed by atoms with Crippen LogP contribution in [0, 0.1) is 0 Å². The van der Waals surface area contributed by atoms with Crippen molar-refractivity contribution < 1.29 is 14.3 Å². The van der Waals surface area contributed by atoms with Crippen LogP contribution in [0.2, 0.25) is 0 Å². The largest absolute Gasteiger partial charge is 0.493 e. The molecule has 0 saturated heterocycles. The van der Waals surface area contributed by atoms with Gasteiger partial charge in [0.1, 0.15) is 5.82 Å². The molecular formula is C19H21N3O3. The molecule has 6 heteroatoms. The summed E-state index contributed by atoms with van der Waals surface area (Å²) in [5.74, 6) is 2.10. The quantitative estimate of drug-likeness (QED) is 0.693. The van der Waals surface area contributed by atoms with E-state index >= 15 is 0 Å². The van der Waals surface area contributed by atoms with Crippen LogP contribution in [0.5, 0.6) is 11.5 Å². The average molecular weight is 339 g/mol. The lowest BCUT2D eigenvalue weighted by atomic mass is 10.1. The third-order valence-corrected chi connectivity index (χ3v) is 3.94. The number of carbonyl (C=O) groups is 1. The number of H-pyrrole nitrogens is 1. The summed E-state index contributed by atoms with van der Waals surface area (Å²) < 4.78 is 10.5. The Kier molecular flexibility index (Phi) is 5.18. The minimum atomic E-state index is -0.0386. The number of nitrogens with zero attached hydrogens (tertiary/aromatic N) is 1. The minimum absolute atomic E-state index is 0.0386. The molecule has 1 heterocycles. The Labute approximate surface area is 146 Å². The first kappa shape index (κ1) is 16.8. The molecule has 2 aromatic carbocycles. The van der Waals surface area contributed by atoms with Gasteiger partial charge in [-0.25, -0.2) is 4.98 Å². The molecule has 0 aliphatic rings. The van der Waals surface area contributed by atoms with Gasteiger partial charge in [0.2, 0.25) is 5.91 Å².